The van der Waals surface area contributed by atoms with Crippen molar-refractivity contribution in [3.8, 4) is 0 Å². The van der Waals surface area contributed by atoms with Crippen molar-refractivity contribution in [2.45, 2.75) is 360 Å². The minimum Gasteiger partial charge on any atom is -0.477 e. The van der Waals surface area contributed by atoms with Gasteiger partial charge in [0.15, 0.2) is 6.10 Å². The Bertz CT molecular complexity index is 1900. The predicted octanol–water partition coefficient (Wildman–Crippen LogP) is 24.9. The molecule has 0 bridgehead atoms. The fraction of sp³-hybridized carbons (Fsp3) is 0.750. The lowest BCUT2D eigenvalue weighted by Gasteiger charge is -2.25. The van der Waals surface area contributed by atoms with Crippen LogP contribution in [0.15, 0.2) is 109 Å². The van der Waals surface area contributed by atoms with Gasteiger partial charge < -0.3 is 28.5 Å². The fourth-order valence-corrected chi connectivity index (χ4v) is 11.1. The van der Waals surface area contributed by atoms with Crippen LogP contribution in [-0.4, -0.2) is 87.4 Å². The van der Waals surface area contributed by atoms with Crippen LogP contribution in [-0.2, 0) is 33.3 Å². The lowest BCUT2D eigenvalue weighted by molar-refractivity contribution is -0.870. The highest BCUT2D eigenvalue weighted by atomic mass is 16.7. The molecule has 0 rings (SSSR count). The number of carboxylic acids is 1. The molecule has 0 aliphatic rings. The van der Waals surface area contributed by atoms with Crippen molar-refractivity contribution in [1.29, 1.82) is 0 Å². The Morgan fingerprint density at radius 1 is 0.333 bits per heavy atom. The largest absolute Gasteiger partial charge is 0.477 e. The molecule has 0 spiro atoms. The highest BCUT2D eigenvalue weighted by molar-refractivity contribution is 5.71. The van der Waals surface area contributed by atoms with Gasteiger partial charge in [0.2, 0.25) is 0 Å². The van der Waals surface area contributed by atoms with E-state index in [0.29, 0.717) is 23.9 Å². The van der Waals surface area contributed by atoms with Gasteiger partial charge in [-0.25, -0.2) is 4.79 Å². The number of nitrogens with zero attached hydrogens (tertiary/aromatic N) is 1. The minimum atomic E-state index is -1.52. The van der Waals surface area contributed by atoms with Crippen LogP contribution in [0.3, 0.4) is 0 Å². The van der Waals surface area contributed by atoms with Crippen molar-refractivity contribution in [1.82, 2.24) is 0 Å². The Morgan fingerprint density at radius 3 is 0.914 bits per heavy atom. The number of unbranched alkanes of at least 4 members (excludes halogenated alkanes) is 39. The SMILES string of the molecule is CC/C=C\C/C=C\C/C=C\C/C=C\C/C=C\C/C=C\C/C=C\CCCCCCCCCC(=O)OC(COC(=O)CCCCCCCCCCCCCCCCCCCCCCCCCCCCC/C=C\C/C=C\CCCCCCC)COC(OCC[N+](C)(C)C)C(=O)O. The maximum atomic E-state index is 13.0. The number of ether oxygens (including phenoxy) is 4. The first kappa shape index (κ1) is 89.0. The zero-order valence-corrected chi connectivity index (χ0v) is 61.4. The van der Waals surface area contributed by atoms with E-state index in [1.165, 1.54) is 218 Å². The van der Waals surface area contributed by atoms with Crippen molar-refractivity contribution in [3.05, 3.63) is 109 Å². The summed E-state index contributed by atoms with van der Waals surface area (Å²) in [6, 6.07) is 0. The van der Waals surface area contributed by atoms with Gasteiger partial charge >= 0.3 is 17.9 Å². The molecule has 1 N–H and O–H groups in total. The van der Waals surface area contributed by atoms with Gasteiger partial charge in [-0.1, -0.05) is 342 Å². The molecule has 0 heterocycles. The second-order valence-corrected chi connectivity index (χ2v) is 27.3. The van der Waals surface area contributed by atoms with E-state index in [1.807, 2.05) is 21.1 Å². The van der Waals surface area contributed by atoms with Crippen molar-refractivity contribution in [2.75, 3.05) is 47.5 Å². The van der Waals surface area contributed by atoms with Crippen LogP contribution in [0, 0.1) is 0 Å². The van der Waals surface area contributed by atoms with Crippen molar-refractivity contribution in [2.24, 2.45) is 0 Å². The highest BCUT2D eigenvalue weighted by Gasteiger charge is 2.25. The quantitative estimate of drug-likeness (QED) is 0.0211. The topological polar surface area (TPSA) is 108 Å². The Labute approximate surface area is 575 Å². The van der Waals surface area contributed by atoms with Crippen LogP contribution < -0.4 is 0 Å². The third-order valence-electron chi connectivity index (χ3n) is 17.0. The second-order valence-electron chi connectivity index (χ2n) is 27.3. The summed E-state index contributed by atoms with van der Waals surface area (Å²) in [4.78, 5) is 37.7. The maximum Gasteiger partial charge on any atom is 0.361 e. The average Bonchev–Trinajstić information content (AvgIpc) is 3.74. The van der Waals surface area contributed by atoms with E-state index in [1.54, 1.807) is 0 Å². The van der Waals surface area contributed by atoms with E-state index >= 15 is 0 Å². The third kappa shape index (κ3) is 75.2. The maximum absolute atomic E-state index is 13.0. The van der Waals surface area contributed by atoms with Gasteiger partial charge in [0.05, 0.1) is 34.4 Å². The first-order valence-corrected chi connectivity index (χ1v) is 39.1. The summed E-state index contributed by atoms with van der Waals surface area (Å²) >= 11 is 0. The number of carbonyl (C=O) groups excluding carboxylic acids is 2. The molecule has 0 aromatic carbocycles. The van der Waals surface area contributed by atoms with Gasteiger partial charge in [-0.3, -0.25) is 9.59 Å². The summed E-state index contributed by atoms with van der Waals surface area (Å²) in [5, 5.41) is 9.76. The van der Waals surface area contributed by atoms with Crippen LogP contribution in [0.2, 0.25) is 0 Å². The lowest BCUT2D eigenvalue weighted by Crippen LogP contribution is -2.40. The zero-order chi connectivity index (χ0) is 67.5. The van der Waals surface area contributed by atoms with Crippen molar-refractivity contribution in [3.63, 3.8) is 0 Å². The van der Waals surface area contributed by atoms with Crippen LogP contribution in [0.25, 0.3) is 0 Å². The fourth-order valence-electron chi connectivity index (χ4n) is 11.1. The molecule has 536 valence electrons. The van der Waals surface area contributed by atoms with Crippen molar-refractivity contribution < 1.29 is 42.9 Å². The van der Waals surface area contributed by atoms with Crippen LogP contribution >= 0.6 is 0 Å². The van der Waals surface area contributed by atoms with E-state index in [0.717, 1.165) is 96.3 Å². The van der Waals surface area contributed by atoms with E-state index < -0.39 is 24.3 Å². The van der Waals surface area contributed by atoms with Gasteiger partial charge in [-0.2, -0.15) is 0 Å². The first-order valence-electron chi connectivity index (χ1n) is 39.1. The number of hydrogen-bond acceptors (Lipinski definition) is 7. The van der Waals surface area contributed by atoms with Gasteiger partial charge in [-0.15, -0.1) is 0 Å². The number of likely N-dealkylation sites (N-methyl/N-ethyl adjacent to an activating group) is 1. The Morgan fingerprint density at radius 2 is 0.613 bits per heavy atom. The van der Waals surface area contributed by atoms with Crippen LogP contribution in [0.5, 0.6) is 0 Å². The summed E-state index contributed by atoms with van der Waals surface area (Å²) in [6.45, 7) is 4.77. The summed E-state index contributed by atoms with van der Waals surface area (Å²) in [5.41, 5.74) is 0. The number of rotatable bonds is 72. The lowest BCUT2D eigenvalue weighted by atomic mass is 10.0. The molecule has 2 atom stereocenters. The average molecular weight is 1300 g/mol. The molecule has 2 unspecified atom stereocenters. The number of esters is 2. The number of quaternary nitrogens is 1. The normalized spacial score (nSPS) is 13.3. The van der Waals surface area contributed by atoms with E-state index in [4.69, 9.17) is 18.9 Å². The summed E-state index contributed by atoms with van der Waals surface area (Å²) < 4.78 is 23.0. The molecule has 0 fully saturated rings. The number of carbonyl (C=O) groups is 3. The zero-order valence-electron chi connectivity index (χ0n) is 61.4. The van der Waals surface area contributed by atoms with E-state index in [2.05, 4.69) is 123 Å². The molecule has 0 saturated heterocycles. The third-order valence-corrected chi connectivity index (χ3v) is 17.0. The highest BCUT2D eigenvalue weighted by Crippen LogP contribution is 2.18. The summed E-state index contributed by atoms with van der Waals surface area (Å²) in [6.07, 6.45) is 101. The Hall–Kier alpha value is -4.05. The standard InChI is InChI=1S/C84H147NO8/c1-6-8-10-12-14-16-18-20-22-24-26-28-30-32-34-36-37-38-39-40-41-42-43-44-45-47-48-50-52-54-56-58-60-62-64-66-68-70-72-74-81(86)91-78-80(79-92-84(83(88)89)90-77-76-85(3,4)5)93-82(87)75-73-71-69-67-65-63-61-59-57-55-53-51-49-46-35-33-31-29-27-25-23-21-19-17-15-13-11-9-7-2/h9,11,15,17-18,20-21,23-24,26-27,29,33,35,49,51,55,57,80,84H,6-8,10,12-14,16,19,22,25,28,30-32,34,36-48,50,52-54,56,58-79H2,1-5H3/p+1/b11-9-,17-15-,20-18-,23-21-,26-24-,29-27-,35-33-,51-49-,57-55-. The van der Waals surface area contributed by atoms with E-state index in [-0.39, 0.29) is 32.2 Å². The Balaban J connectivity index is 4.03. The molecule has 0 aliphatic carbocycles. The van der Waals surface area contributed by atoms with Crippen LogP contribution in [0.4, 0.5) is 0 Å². The molecule has 0 aliphatic heterocycles. The van der Waals surface area contributed by atoms with Crippen molar-refractivity contribution >= 4 is 17.9 Å². The molecule has 0 aromatic rings. The first-order chi connectivity index (χ1) is 45.6. The molecular formula is C84H148NO8+. The number of carboxylic acid groups (broad SMARTS) is 1. The van der Waals surface area contributed by atoms with Gasteiger partial charge in [0, 0.05) is 12.8 Å². The molecule has 0 saturated carbocycles. The summed E-state index contributed by atoms with van der Waals surface area (Å²) in [7, 11) is 5.98. The molecule has 9 nitrogen and oxygen atoms in total. The molecule has 93 heavy (non-hydrogen) atoms. The molecule has 0 radical (unpaired) electrons. The number of aliphatic carboxylic acids is 1. The Kier molecular flexibility index (Phi) is 70.5. The molecular weight excluding hydrogens is 1150 g/mol. The van der Waals surface area contributed by atoms with Gasteiger partial charge in [0.1, 0.15) is 13.2 Å². The monoisotopic (exact) mass is 1300 g/mol. The predicted molar refractivity (Wildman–Crippen MR) is 401 cm³/mol. The molecule has 0 aromatic heterocycles. The van der Waals surface area contributed by atoms with Gasteiger partial charge in [0.25, 0.3) is 6.29 Å². The van der Waals surface area contributed by atoms with E-state index in [9.17, 15) is 19.5 Å². The number of allylic oxidation sites excluding steroid dienone is 18. The molecule has 9 heteroatoms. The van der Waals surface area contributed by atoms with Gasteiger partial charge in [-0.05, 0) is 103 Å². The summed E-state index contributed by atoms with van der Waals surface area (Å²) in [5.74, 6) is -2.01. The smallest absolute Gasteiger partial charge is 0.361 e. The second kappa shape index (κ2) is 73.8. The molecule has 0 amide bonds. The minimum absolute atomic E-state index is 0.182. The van der Waals surface area contributed by atoms with Crippen LogP contribution in [0.1, 0.15) is 348 Å². The number of hydrogen-bond donors (Lipinski definition) is 1.